The van der Waals surface area contributed by atoms with Gasteiger partial charge in [0.2, 0.25) is 0 Å². The molecule has 6 heteroatoms. The summed E-state index contributed by atoms with van der Waals surface area (Å²) in [4.78, 5) is 10.9. The van der Waals surface area contributed by atoms with Gasteiger partial charge in [0.1, 0.15) is 17.5 Å². The maximum Gasteiger partial charge on any atom is 0.405 e. The van der Waals surface area contributed by atoms with E-state index >= 15 is 0 Å². The molecule has 0 bridgehead atoms. The van der Waals surface area contributed by atoms with Crippen molar-refractivity contribution in [3.63, 3.8) is 0 Å². The van der Waals surface area contributed by atoms with E-state index in [1.807, 2.05) is 0 Å². The number of aliphatic hydroxyl groups excluding tert-OH is 1. The van der Waals surface area contributed by atoms with Crippen LogP contribution in [0.1, 0.15) is 25.5 Å². The zero-order valence-electron chi connectivity index (χ0n) is 10.2. The first-order valence-electron chi connectivity index (χ1n) is 5.54. The monoisotopic (exact) mass is 252 g/mol. The summed E-state index contributed by atoms with van der Waals surface area (Å²) in [5.74, 6) is 0.483. The Balaban J connectivity index is 2.48. The van der Waals surface area contributed by atoms with Crippen LogP contribution < -0.4 is 16.2 Å². The first kappa shape index (κ1) is 12.5. The smallest absolute Gasteiger partial charge is 0.405 e. The molecule has 1 unspecified atom stereocenters. The van der Waals surface area contributed by atoms with Crippen LogP contribution in [0.15, 0.2) is 18.2 Å². The molecule has 2 rings (SSSR count). The Labute approximate surface area is 104 Å². The number of amides is 1. The molecule has 1 aliphatic rings. The van der Waals surface area contributed by atoms with Crippen LogP contribution in [-0.2, 0) is 4.74 Å². The van der Waals surface area contributed by atoms with E-state index in [-0.39, 0.29) is 0 Å². The van der Waals surface area contributed by atoms with Crippen molar-refractivity contribution in [2.45, 2.75) is 31.7 Å². The molecule has 1 aromatic carbocycles. The van der Waals surface area contributed by atoms with Crippen LogP contribution in [0, 0.1) is 0 Å². The van der Waals surface area contributed by atoms with E-state index in [9.17, 15) is 9.90 Å². The van der Waals surface area contributed by atoms with E-state index in [2.05, 4.69) is 0 Å². The van der Waals surface area contributed by atoms with Crippen LogP contribution in [0.2, 0.25) is 0 Å². The third-order valence-electron chi connectivity index (χ3n) is 2.96. The van der Waals surface area contributed by atoms with Crippen LogP contribution in [0.5, 0.6) is 5.75 Å². The first-order chi connectivity index (χ1) is 8.31. The summed E-state index contributed by atoms with van der Waals surface area (Å²) in [6.45, 7) is 3.39. The fraction of sp³-hybridized carbons (Fsp3) is 0.417. The molecule has 1 amide bonds. The molecule has 0 aromatic heterocycles. The predicted octanol–water partition coefficient (Wildman–Crippen LogP) is 0.937. The molecule has 1 aliphatic heterocycles. The predicted molar refractivity (Wildman–Crippen MR) is 65.0 cm³/mol. The van der Waals surface area contributed by atoms with E-state index in [4.69, 9.17) is 20.9 Å². The summed E-state index contributed by atoms with van der Waals surface area (Å²) >= 11 is 0. The maximum absolute atomic E-state index is 10.9. The molecule has 2 atom stereocenters. The number of anilines is 1. The summed E-state index contributed by atoms with van der Waals surface area (Å²) in [5.41, 5.74) is 10.9. The summed E-state index contributed by atoms with van der Waals surface area (Å²) < 4.78 is 10.6. The van der Waals surface area contributed by atoms with Crippen LogP contribution in [0.4, 0.5) is 10.5 Å². The second-order valence-corrected chi connectivity index (χ2v) is 4.81. The van der Waals surface area contributed by atoms with Gasteiger partial charge in [-0.05, 0) is 26.0 Å². The minimum atomic E-state index is -1.01. The van der Waals surface area contributed by atoms with Crippen LogP contribution in [-0.4, -0.2) is 22.9 Å². The van der Waals surface area contributed by atoms with Gasteiger partial charge in [-0.15, -0.1) is 0 Å². The highest BCUT2D eigenvalue weighted by atomic mass is 16.6. The van der Waals surface area contributed by atoms with E-state index in [0.717, 1.165) is 0 Å². The summed E-state index contributed by atoms with van der Waals surface area (Å²) in [7, 11) is 0. The van der Waals surface area contributed by atoms with Crippen molar-refractivity contribution < 1.29 is 19.4 Å². The summed E-state index contributed by atoms with van der Waals surface area (Å²) in [6, 6.07) is 4.92. The molecule has 0 saturated carbocycles. The number of benzene rings is 1. The van der Waals surface area contributed by atoms with E-state index < -0.39 is 23.9 Å². The SMILES string of the molecule is CC1(C)Oc2cc(N)ccc2[C@H](OC(N)=O)C1O. The van der Waals surface area contributed by atoms with Crippen LogP contribution in [0.3, 0.4) is 0 Å². The maximum atomic E-state index is 10.9. The number of hydrogen-bond donors (Lipinski definition) is 3. The topological polar surface area (TPSA) is 108 Å². The molecule has 5 N–H and O–H groups in total. The number of carbonyl (C=O) groups is 1. The van der Waals surface area contributed by atoms with Crippen LogP contribution in [0.25, 0.3) is 0 Å². The second kappa shape index (κ2) is 4.06. The standard InChI is InChI=1S/C12H16N2O4/c1-12(2)10(15)9(17-11(14)16)7-4-3-6(13)5-8(7)18-12/h3-5,9-10,15H,13H2,1-2H3,(H2,14,16)/t9-,10?/m0/s1. The molecule has 6 nitrogen and oxygen atoms in total. The number of nitrogen functional groups attached to an aromatic ring is 1. The van der Waals surface area contributed by atoms with Gasteiger partial charge in [0.05, 0.1) is 0 Å². The lowest BCUT2D eigenvalue weighted by Gasteiger charge is -2.41. The van der Waals surface area contributed by atoms with Crippen molar-refractivity contribution >= 4 is 11.8 Å². The van der Waals surface area contributed by atoms with Gasteiger partial charge < -0.3 is 26.0 Å². The number of hydrogen-bond acceptors (Lipinski definition) is 5. The molecule has 98 valence electrons. The number of primary amides is 1. The van der Waals surface area contributed by atoms with Gasteiger partial charge in [0.15, 0.2) is 6.10 Å². The van der Waals surface area contributed by atoms with Gasteiger partial charge in [-0.3, -0.25) is 0 Å². The first-order valence-corrected chi connectivity index (χ1v) is 5.54. The number of rotatable bonds is 1. The van der Waals surface area contributed by atoms with E-state index in [1.165, 1.54) is 0 Å². The largest absolute Gasteiger partial charge is 0.484 e. The summed E-state index contributed by atoms with van der Waals surface area (Å²) in [5, 5.41) is 10.2. The Kier molecular flexibility index (Phi) is 2.82. The highest BCUT2D eigenvalue weighted by Crippen LogP contribution is 2.42. The second-order valence-electron chi connectivity index (χ2n) is 4.81. The molecular formula is C12H16N2O4. The average molecular weight is 252 g/mol. The zero-order chi connectivity index (χ0) is 13.5. The lowest BCUT2D eigenvalue weighted by molar-refractivity contribution is -0.112. The zero-order valence-corrected chi connectivity index (χ0v) is 10.2. The number of carbonyl (C=O) groups excluding carboxylic acids is 1. The lowest BCUT2D eigenvalue weighted by atomic mass is 9.88. The Morgan fingerprint density at radius 3 is 2.78 bits per heavy atom. The van der Waals surface area contributed by atoms with Gasteiger partial charge in [0.25, 0.3) is 0 Å². The van der Waals surface area contributed by atoms with Gasteiger partial charge in [-0.1, -0.05) is 0 Å². The summed E-state index contributed by atoms with van der Waals surface area (Å²) in [6.07, 6.45) is -2.82. The third-order valence-corrected chi connectivity index (χ3v) is 2.96. The van der Waals surface area contributed by atoms with Crippen molar-refractivity contribution in [1.29, 1.82) is 0 Å². The number of aliphatic hydroxyl groups is 1. The molecule has 0 radical (unpaired) electrons. The van der Waals surface area contributed by atoms with E-state index in [0.29, 0.717) is 17.0 Å². The fourth-order valence-electron chi connectivity index (χ4n) is 2.01. The van der Waals surface area contributed by atoms with Crippen molar-refractivity contribution in [3.8, 4) is 5.75 Å². The number of nitrogens with two attached hydrogens (primary N) is 2. The number of ether oxygens (including phenoxy) is 2. The van der Waals surface area contributed by atoms with Gasteiger partial charge in [-0.2, -0.15) is 0 Å². The highest BCUT2D eigenvalue weighted by molar-refractivity contribution is 5.65. The Morgan fingerprint density at radius 1 is 1.50 bits per heavy atom. The molecule has 0 aliphatic carbocycles. The molecule has 18 heavy (non-hydrogen) atoms. The molecular weight excluding hydrogens is 236 g/mol. The molecule has 1 aromatic rings. The van der Waals surface area contributed by atoms with Gasteiger partial charge >= 0.3 is 6.09 Å². The molecule has 0 fully saturated rings. The van der Waals surface area contributed by atoms with Gasteiger partial charge in [-0.25, -0.2) is 4.79 Å². The molecule has 0 spiro atoms. The lowest BCUT2D eigenvalue weighted by Crippen LogP contribution is -2.50. The van der Waals surface area contributed by atoms with Crippen molar-refractivity contribution in [2.24, 2.45) is 5.73 Å². The highest BCUT2D eigenvalue weighted by Gasteiger charge is 2.44. The number of fused-ring (bicyclic) bond motifs is 1. The van der Waals surface area contributed by atoms with Gasteiger partial charge in [0, 0.05) is 17.3 Å². The van der Waals surface area contributed by atoms with Crippen LogP contribution >= 0.6 is 0 Å². The van der Waals surface area contributed by atoms with Crippen molar-refractivity contribution in [3.05, 3.63) is 23.8 Å². The van der Waals surface area contributed by atoms with Crippen molar-refractivity contribution in [1.82, 2.24) is 0 Å². The van der Waals surface area contributed by atoms with E-state index in [1.54, 1.807) is 32.0 Å². The van der Waals surface area contributed by atoms with Crippen molar-refractivity contribution in [2.75, 3.05) is 5.73 Å². The quantitative estimate of drug-likeness (QED) is 0.644. The normalized spacial score (nSPS) is 24.8. The Bertz CT molecular complexity index is 487. The average Bonchev–Trinajstić information content (AvgIpc) is 2.23. The molecule has 0 saturated heterocycles. The minimum absolute atomic E-state index is 0.483. The Hall–Kier alpha value is -1.95. The molecule has 1 heterocycles. The fourth-order valence-corrected chi connectivity index (χ4v) is 2.01. The Morgan fingerprint density at radius 2 is 2.17 bits per heavy atom. The third kappa shape index (κ3) is 2.06. The minimum Gasteiger partial charge on any atom is -0.484 e.